The second kappa shape index (κ2) is 11.2. The van der Waals surface area contributed by atoms with E-state index in [1.165, 1.54) is 21.9 Å². The van der Waals surface area contributed by atoms with Crippen molar-refractivity contribution >= 4 is 16.6 Å². The smallest absolute Gasteiger partial charge is 0.131 e. The fourth-order valence-electron chi connectivity index (χ4n) is 5.70. The van der Waals surface area contributed by atoms with Crippen LogP contribution in [-0.4, -0.2) is 5.84 Å². The number of nitrogens with zero attached hydrogens (tertiary/aromatic N) is 2. The van der Waals surface area contributed by atoms with Crippen LogP contribution in [0.2, 0.25) is 0 Å². The highest BCUT2D eigenvalue weighted by Gasteiger charge is 2.26. The van der Waals surface area contributed by atoms with Gasteiger partial charge < -0.3 is 5.32 Å². The van der Waals surface area contributed by atoms with Gasteiger partial charge in [0.25, 0.3) is 0 Å². The number of amidine groups is 1. The highest BCUT2D eigenvalue weighted by molar-refractivity contribution is 6.01. The Morgan fingerprint density at radius 1 is 0.571 bits per heavy atom. The van der Waals surface area contributed by atoms with E-state index in [0.717, 1.165) is 33.7 Å². The molecule has 0 aromatic heterocycles. The summed E-state index contributed by atoms with van der Waals surface area (Å²) in [5, 5.41) is 19.1. The van der Waals surface area contributed by atoms with Crippen molar-refractivity contribution in [2.75, 3.05) is 0 Å². The number of aliphatic imine (C=N–C) groups is 1. The van der Waals surface area contributed by atoms with Crippen molar-refractivity contribution in [2.24, 2.45) is 4.99 Å². The van der Waals surface area contributed by atoms with Crippen LogP contribution in [0, 0.1) is 11.3 Å². The molecular formula is C38H28N4. The molecule has 2 atom stereocenters. The molecule has 7 rings (SSSR count). The molecule has 1 aliphatic heterocycles. The first-order chi connectivity index (χ1) is 20.8. The van der Waals surface area contributed by atoms with Crippen molar-refractivity contribution in [3.8, 4) is 28.3 Å². The van der Waals surface area contributed by atoms with E-state index in [4.69, 9.17) is 4.99 Å². The van der Waals surface area contributed by atoms with Crippen LogP contribution in [0.4, 0.5) is 0 Å². The summed E-state index contributed by atoms with van der Waals surface area (Å²) in [7, 11) is 0. The summed E-state index contributed by atoms with van der Waals surface area (Å²) in [5.41, 5.74) is 8.48. The average molecular weight is 541 g/mol. The molecule has 0 radical (unpaired) electrons. The first kappa shape index (κ1) is 25.5. The predicted molar refractivity (Wildman–Crippen MR) is 171 cm³/mol. The summed E-state index contributed by atoms with van der Waals surface area (Å²) in [6, 6.07) is 52.3. The lowest BCUT2D eigenvalue weighted by molar-refractivity contribution is 0.411. The van der Waals surface area contributed by atoms with Crippen LogP contribution in [0.1, 0.15) is 34.6 Å². The number of fused-ring (bicyclic) bond motifs is 1. The number of rotatable bonds is 5. The van der Waals surface area contributed by atoms with Gasteiger partial charge in [0.2, 0.25) is 0 Å². The number of nitriles is 1. The Hall–Kier alpha value is -5.50. The molecule has 2 N–H and O–H groups in total. The summed E-state index contributed by atoms with van der Waals surface area (Å²) in [6.45, 7) is 0. The fourth-order valence-corrected chi connectivity index (χ4v) is 5.70. The van der Waals surface area contributed by atoms with E-state index in [0.29, 0.717) is 5.56 Å². The first-order valence-electron chi connectivity index (χ1n) is 14.1. The predicted octanol–water partition coefficient (Wildman–Crippen LogP) is 8.38. The van der Waals surface area contributed by atoms with Crippen molar-refractivity contribution in [1.29, 1.82) is 5.26 Å². The van der Waals surface area contributed by atoms with E-state index in [-0.39, 0.29) is 12.3 Å². The molecule has 42 heavy (non-hydrogen) atoms. The van der Waals surface area contributed by atoms with Crippen LogP contribution in [0.15, 0.2) is 151 Å². The van der Waals surface area contributed by atoms with Crippen molar-refractivity contribution in [3.63, 3.8) is 0 Å². The Kier molecular flexibility index (Phi) is 6.77. The zero-order chi connectivity index (χ0) is 28.3. The lowest BCUT2D eigenvalue weighted by atomic mass is 9.92. The van der Waals surface area contributed by atoms with Crippen molar-refractivity contribution in [2.45, 2.75) is 12.3 Å². The molecule has 0 aliphatic carbocycles. The van der Waals surface area contributed by atoms with Gasteiger partial charge in [0.1, 0.15) is 18.2 Å². The standard InChI is InChI=1S/C38H28N4/c39-25-26-10-9-15-31(24-26)27-18-20-28(21-19-27)32-22-23-35(34-17-8-7-16-33(32)34)38-41-36(29-11-3-1-4-12-29)40-37(42-38)30-13-5-2-6-14-30/h1-24,36,38,41H,(H,40,42). The molecule has 6 aromatic rings. The molecule has 0 amide bonds. The lowest BCUT2D eigenvalue weighted by Gasteiger charge is -2.33. The number of nitrogens with one attached hydrogen (secondary N) is 2. The molecule has 0 spiro atoms. The molecule has 1 aliphatic rings. The Bertz CT molecular complexity index is 1940. The third-order valence-electron chi connectivity index (χ3n) is 7.82. The van der Waals surface area contributed by atoms with Crippen LogP contribution in [0.5, 0.6) is 0 Å². The third kappa shape index (κ3) is 4.94. The maximum Gasteiger partial charge on any atom is 0.131 e. The van der Waals surface area contributed by atoms with E-state index >= 15 is 0 Å². The number of benzene rings is 6. The van der Waals surface area contributed by atoms with Crippen LogP contribution >= 0.6 is 0 Å². The maximum atomic E-state index is 9.30. The van der Waals surface area contributed by atoms with Gasteiger partial charge in [-0.2, -0.15) is 5.26 Å². The minimum absolute atomic E-state index is 0.142. The Labute approximate surface area is 245 Å². The van der Waals surface area contributed by atoms with Crippen LogP contribution in [0.3, 0.4) is 0 Å². The van der Waals surface area contributed by atoms with Gasteiger partial charge in [0.05, 0.1) is 11.6 Å². The van der Waals surface area contributed by atoms with Gasteiger partial charge in [-0.15, -0.1) is 0 Å². The van der Waals surface area contributed by atoms with Gasteiger partial charge in [-0.1, -0.05) is 133 Å². The van der Waals surface area contributed by atoms with Gasteiger partial charge in [0.15, 0.2) is 0 Å². The third-order valence-corrected chi connectivity index (χ3v) is 7.82. The average Bonchev–Trinajstić information content (AvgIpc) is 3.08. The Balaban J connectivity index is 1.27. The van der Waals surface area contributed by atoms with E-state index in [9.17, 15) is 5.26 Å². The molecule has 200 valence electrons. The molecule has 4 heteroatoms. The monoisotopic (exact) mass is 540 g/mol. The van der Waals surface area contributed by atoms with Gasteiger partial charge in [-0.05, 0) is 56.3 Å². The normalized spacial score (nSPS) is 16.3. The first-order valence-corrected chi connectivity index (χ1v) is 14.1. The minimum Gasteiger partial charge on any atom is -0.350 e. The lowest BCUT2D eigenvalue weighted by Crippen LogP contribution is -2.45. The van der Waals surface area contributed by atoms with E-state index < -0.39 is 0 Å². The summed E-state index contributed by atoms with van der Waals surface area (Å²) in [6.07, 6.45) is -0.324. The van der Waals surface area contributed by atoms with Crippen molar-refractivity contribution in [3.05, 3.63) is 168 Å². The highest BCUT2D eigenvalue weighted by Crippen LogP contribution is 2.35. The SMILES string of the molecule is N#Cc1cccc(-c2ccc(-c3ccc(C4NC(c5ccccc5)=NC(c5ccccc5)N4)c4ccccc34)cc2)c1. The second-order valence-electron chi connectivity index (χ2n) is 10.4. The molecular weight excluding hydrogens is 512 g/mol. The molecule has 6 aromatic carbocycles. The van der Waals surface area contributed by atoms with Gasteiger partial charge in [-0.3, -0.25) is 5.32 Å². The van der Waals surface area contributed by atoms with Crippen LogP contribution in [-0.2, 0) is 0 Å². The molecule has 2 unspecified atom stereocenters. The minimum atomic E-state index is -0.182. The molecule has 0 bridgehead atoms. The fraction of sp³-hybridized carbons (Fsp3) is 0.0526. The van der Waals surface area contributed by atoms with Crippen LogP contribution < -0.4 is 10.6 Å². The maximum absolute atomic E-state index is 9.30. The quantitative estimate of drug-likeness (QED) is 0.231. The Morgan fingerprint density at radius 2 is 1.24 bits per heavy atom. The van der Waals surface area contributed by atoms with E-state index in [2.05, 4.69) is 114 Å². The molecule has 0 saturated carbocycles. The van der Waals surface area contributed by atoms with Gasteiger partial charge in [-0.25, -0.2) is 4.99 Å². The van der Waals surface area contributed by atoms with E-state index in [1.807, 2.05) is 48.5 Å². The molecule has 0 saturated heterocycles. The Morgan fingerprint density at radius 3 is 2.00 bits per heavy atom. The van der Waals surface area contributed by atoms with E-state index in [1.54, 1.807) is 0 Å². The second-order valence-corrected chi connectivity index (χ2v) is 10.4. The summed E-state index contributed by atoms with van der Waals surface area (Å²) >= 11 is 0. The topological polar surface area (TPSA) is 60.2 Å². The summed E-state index contributed by atoms with van der Waals surface area (Å²) in [5.74, 6) is 0.873. The molecule has 1 heterocycles. The largest absolute Gasteiger partial charge is 0.350 e. The van der Waals surface area contributed by atoms with Crippen molar-refractivity contribution < 1.29 is 0 Å². The summed E-state index contributed by atoms with van der Waals surface area (Å²) in [4.78, 5) is 5.06. The van der Waals surface area contributed by atoms with Gasteiger partial charge in [0, 0.05) is 5.56 Å². The summed E-state index contributed by atoms with van der Waals surface area (Å²) < 4.78 is 0. The number of hydrogen-bond acceptors (Lipinski definition) is 4. The van der Waals surface area contributed by atoms with Crippen molar-refractivity contribution in [1.82, 2.24) is 10.6 Å². The molecule has 4 nitrogen and oxygen atoms in total. The number of hydrogen-bond donors (Lipinski definition) is 2. The highest BCUT2D eigenvalue weighted by atomic mass is 15.3. The van der Waals surface area contributed by atoms with Gasteiger partial charge >= 0.3 is 0 Å². The van der Waals surface area contributed by atoms with Crippen LogP contribution in [0.25, 0.3) is 33.0 Å². The zero-order valence-corrected chi connectivity index (χ0v) is 22.9. The zero-order valence-electron chi connectivity index (χ0n) is 22.9. The molecule has 0 fully saturated rings.